The van der Waals surface area contributed by atoms with E-state index < -0.39 is 11.7 Å². The highest BCUT2D eigenvalue weighted by Crippen LogP contribution is 2.37. The minimum atomic E-state index is -4.23. The molecule has 0 radical (unpaired) electrons. The summed E-state index contributed by atoms with van der Waals surface area (Å²) in [7, 11) is 0. The first-order valence-corrected chi connectivity index (χ1v) is 6.69. The number of halogens is 4. The average Bonchev–Trinajstić information content (AvgIpc) is 2.28. The number of hydrogen-bond acceptors (Lipinski definition) is 0. The van der Waals surface area contributed by atoms with Gasteiger partial charge in [-0.05, 0) is 42.9 Å². The Labute approximate surface area is 107 Å². The molecule has 0 N–H and O–H groups in total. The van der Waals surface area contributed by atoms with Crippen LogP contribution < -0.4 is 0 Å². The Morgan fingerprint density at radius 3 is 2.24 bits per heavy atom. The summed E-state index contributed by atoms with van der Waals surface area (Å²) in [6.07, 6.45) is 0.167. The van der Waals surface area contributed by atoms with E-state index in [9.17, 15) is 13.2 Å². The molecule has 0 aromatic heterocycles. The molecule has 0 heterocycles. The van der Waals surface area contributed by atoms with Gasteiger partial charge >= 0.3 is 6.18 Å². The minimum absolute atomic E-state index is 0.399. The Morgan fingerprint density at radius 2 is 1.71 bits per heavy atom. The van der Waals surface area contributed by atoms with Crippen LogP contribution in [0.5, 0.6) is 0 Å². The van der Waals surface area contributed by atoms with Crippen LogP contribution in [0.3, 0.4) is 0 Å². The van der Waals surface area contributed by atoms with Gasteiger partial charge in [-0.2, -0.15) is 13.2 Å². The quantitative estimate of drug-likeness (QED) is 0.631. The molecule has 94 valence electrons. The third-order valence-electron chi connectivity index (χ3n) is 3.32. The molecule has 1 saturated carbocycles. The van der Waals surface area contributed by atoms with Crippen LogP contribution in [-0.4, -0.2) is 4.83 Å². The van der Waals surface area contributed by atoms with Crippen molar-refractivity contribution in [3.05, 3.63) is 35.4 Å². The van der Waals surface area contributed by atoms with E-state index in [0.717, 1.165) is 31.2 Å². The summed E-state index contributed by atoms with van der Waals surface area (Å²) in [6, 6.07) is 5.62. The Balaban J connectivity index is 2.12. The van der Waals surface area contributed by atoms with Gasteiger partial charge in [0.2, 0.25) is 0 Å². The van der Waals surface area contributed by atoms with Gasteiger partial charge in [0.15, 0.2) is 0 Å². The molecule has 1 aromatic rings. The maximum absolute atomic E-state index is 12.4. The normalized spacial score (nSPS) is 25.9. The van der Waals surface area contributed by atoms with Crippen molar-refractivity contribution in [2.24, 2.45) is 0 Å². The first-order chi connectivity index (χ1) is 7.97. The SMILES string of the molecule is FC(F)(F)c1ccc(C2CCCC(Br)C2)cc1. The van der Waals surface area contributed by atoms with Crippen molar-refractivity contribution < 1.29 is 13.2 Å². The van der Waals surface area contributed by atoms with E-state index in [4.69, 9.17) is 0 Å². The molecule has 1 fully saturated rings. The highest BCUT2D eigenvalue weighted by Gasteiger charge is 2.30. The van der Waals surface area contributed by atoms with E-state index in [1.54, 1.807) is 12.1 Å². The first-order valence-electron chi connectivity index (χ1n) is 5.78. The number of hydrogen-bond donors (Lipinski definition) is 0. The molecule has 0 nitrogen and oxygen atoms in total. The maximum Gasteiger partial charge on any atom is 0.416 e. The summed E-state index contributed by atoms with van der Waals surface area (Å²) >= 11 is 3.59. The molecule has 0 spiro atoms. The summed E-state index contributed by atoms with van der Waals surface area (Å²) < 4.78 is 37.2. The number of benzene rings is 1. The first kappa shape index (κ1) is 12.9. The Hall–Kier alpha value is -0.510. The lowest BCUT2D eigenvalue weighted by Gasteiger charge is -2.26. The molecule has 2 rings (SSSR count). The summed E-state index contributed by atoms with van der Waals surface area (Å²) in [4.78, 5) is 0.503. The summed E-state index contributed by atoms with van der Waals surface area (Å²) in [5.41, 5.74) is 0.467. The van der Waals surface area contributed by atoms with Gasteiger partial charge in [0.05, 0.1) is 5.56 Å². The van der Waals surface area contributed by atoms with Crippen LogP contribution >= 0.6 is 15.9 Å². The zero-order valence-corrected chi connectivity index (χ0v) is 10.9. The van der Waals surface area contributed by atoms with Crippen LogP contribution in [0, 0.1) is 0 Å². The van der Waals surface area contributed by atoms with Gasteiger partial charge in [0.1, 0.15) is 0 Å². The molecule has 0 amide bonds. The highest BCUT2D eigenvalue weighted by atomic mass is 79.9. The van der Waals surface area contributed by atoms with Gasteiger partial charge in [-0.3, -0.25) is 0 Å². The third-order valence-corrected chi connectivity index (χ3v) is 4.15. The Bertz CT molecular complexity index is 369. The summed E-state index contributed by atoms with van der Waals surface area (Å²) in [5.74, 6) is 0.399. The van der Waals surface area contributed by atoms with Crippen LogP contribution in [0.15, 0.2) is 24.3 Å². The van der Waals surface area contributed by atoms with Crippen LogP contribution in [0.25, 0.3) is 0 Å². The van der Waals surface area contributed by atoms with Crippen LogP contribution in [0.2, 0.25) is 0 Å². The second-order valence-corrected chi connectivity index (χ2v) is 5.88. The van der Waals surface area contributed by atoms with Crippen LogP contribution in [0.4, 0.5) is 13.2 Å². The molecule has 2 atom stereocenters. The van der Waals surface area contributed by atoms with Crippen molar-refractivity contribution in [3.8, 4) is 0 Å². The van der Waals surface area contributed by atoms with Crippen LogP contribution in [-0.2, 0) is 6.18 Å². The topological polar surface area (TPSA) is 0 Å². The zero-order valence-electron chi connectivity index (χ0n) is 9.30. The molecule has 17 heavy (non-hydrogen) atoms. The predicted molar refractivity (Wildman–Crippen MR) is 65.4 cm³/mol. The van der Waals surface area contributed by atoms with Gasteiger partial charge < -0.3 is 0 Å². The molecule has 1 aliphatic rings. The van der Waals surface area contributed by atoms with Crippen molar-refractivity contribution in [2.75, 3.05) is 0 Å². The number of rotatable bonds is 1. The van der Waals surface area contributed by atoms with Crippen molar-refractivity contribution >= 4 is 15.9 Å². The molecule has 4 heteroatoms. The van der Waals surface area contributed by atoms with Crippen molar-refractivity contribution in [1.82, 2.24) is 0 Å². The lowest BCUT2D eigenvalue weighted by atomic mass is 9.84. The van der Waals surface area contributed by atoms with Crippen molar-refractivity contribution in [3.63, 3.8) is 0 Å². The molecule has 0 bridgehead atoms. The molecule has 1 aromatic carbocycles. The van der Waals surface area contributed by atoms with Gasteiger partial charge in [-0.1, -0.05) is 34.5 Å². The largest absolute Gasteiger partial charge is 0.416 e. The minimum Gasteiger partial charge on any atom is -0.166 e. The van der Waals surface area contributed by atoms with Gasteiger partial charge in [0.25, 0.3) is 0 Å². The standard InChI is InChI=1S/C13H14BrF3/c14-12-3-1-2-10(8-12)9-4-6-11(7-5-9)13(15,16)17/h4-7,10,12H,1-3,8H2. The molecular formula is C13H14BrF3. The highest BCUT2D eigenvalue weighted by molar-refractivity contribution is 9.09. The molecule has 2 unspecified atom stereocenters. The van der Waals surface area contributed by atoms with Crippen LogP contribution in [0.1, 0.15) is 42.7 Å². The van der Waals surface area contributed by atoms with E-state index in [-0.39, 0.29) is 0 Å². The monoisotopic (exact) mass is 306 g/mol. The molecular weight excluding hydrogens is 293 g/mol. The second kappa shape index (κ2) is 5.01. The third kappa shape index (κ3) is 3.24. The Morgan fingerprint density at radius 1 is 1.06 bits per heavy atom. The number of alkyl halides is 4. The van der Waals surface area contributed by atoms with E-state index >= 15 is 0 Å². The van der Waals surface area contributed by atoms with E-state index in [1.807, 2.05) is 0 Å². The molecule has 0 aliphatic heterocycles. The lowest BCUT2D eigenvalue weighted by molar-refractivity contribution is -0.137. The van der Waals surface area contributed by atoms with E-state index in [2.05, 4.69) is 15.9 Å². The van der Waals surface area contributed by atoms with E-state index in [1.165, 1.54) is 12.1 Å². The fourth-order valence-electron chi connectivity index (χ4n) is 2.38. The fourth-order valence-corrected chi connectivity index (χ4v) is 3.15. The van der Waals surface area contributed by atoms with Crippen molar-refractivity contribution in [2.45, 2.75) is 42.6 Å². The zero-order chi connectivity index (χ0) is 12.5. The van der Waals surface area contributed by atoms with Gasteiger partial charge in [-0.15, -0.1) is 0 Å². The van der Waals surface area contributed by atoms with Gasteiger partial charge in [0, 0.05) is 4.83 Å². The Kier molecular flexibility index (Phi) is 3.81. The molecule has 0 saturated heterocycles. The fraction of sp³-hybridized carbons (Fsp3) is 0.538. The van der Waals surface area contributed by atoms with Crippen molar-refractivity contribution in [1.29, 1.82) is 0 Å². The smallest absolute Gasteiger partial charge is 0.166 e. The summed E-state index contributed by atoms with van der Waals surface area (Å²) in [5, 5.41) is 0. The predicted octanol–water partition coefficient (Wildman–Crippen LogP) is 5.13. The molecule has 1 aliphatic carbocycles. The second-order valence-electron chi connectivity index (χ2n) is 4.58. The van der Waals surface area contributed by atoms with Gasteiger partial charge in [-0.25, -0.2) is 0 Å². The lowest BCUT2D eigenvalue weighted by Crippen LogP contribution is -2.14. The summed E-state index contributed by atoms with van der Waals surface area (Å²) in [6.45, 7) is 0. The maximum atomic E-state index is 12.4. The van der Waals surface area contributed by atoms with E-state index in [0.29, 0.717) is 10.7 Å². The average molecular weight is 307 g/mol.